The van der Waals surface area contributed by atoms with Gasteiger partial charge in [-0.1, -0.05) is 104 Å². The predicted octanol–water partition coefficient (Wildman–Crippen LogP) is 5.12. The average Bonchev–Trinajstić information content (AvgIpc) is 3.62. The summed E-state index contributed by atoms with van der Waals surface area (Å²) in [6, 6.07) is 9.18. The van der Waals surface area contributed by atoms with E-state index in [0.29, 0.717) is 19.4 Å². The molecule has 12 nitrogen and oxygen atoms in total. The molecule has 0 aromatic heterocycles. The fourth-order valence-corrected chi connectivity index (χ4v) is 6.86. The summed E-state index contributed by atoms with van der Waals surface area (Å²) in [4.78, 5) is 69.7. The van der Waals surface area contributed by atoms with E-state index in [4.69, 9.17) is 9.47 Å². The molecule has 0 spiro atoms. The number of benzene rings is 1. The molecule has 1 aromatic carbocycles. The van der Waals surface area contributed by atoms with Crippen molar-refractivity contribution in [2.45, 2.75) is 131 Å². The monoisotopic (exact) mass is 762 g/mol. The van der Waals surface area contributed by atoms with Gasteiger partial charge in [-0.2, -0.15) is 0 Å². The largest absolute Gasteiger partial charge is 0.379 e. The van der Waals surface area contributed by atoms with Gasteiger partial charge in [-0.3, -0.25) is 28.9 Å². The number of likely N-dealkylation sites (N-methyl/N-ethyl adjacent to an activating group) is 2. The van der Waals surface area contributed by atoms with Crippen LogP contribution >= 0.6 is 0 Å². The van der Waals surface area contributed by atoms with Crippen molar-refractivity contribution in [2.24, 2.45) is 17.8 Å². The van der Waals surface area contributed by atoms with E-state index >= 15 is 0 Å². The van der Waals surface area contributed by atoms with Gasteiger partial charge in [0.2, 0.25) is 23.6 Å². The van der Waals surface area contributed by atoms with Crippen molar-refractivity contribution in [1.82, 2.24) is 25.3 Å². The van der Waals surface area contributed by atoms with Gasteiger partial charge in [-0.15, -0.1) is 0 Å². The molecular formula is C42H75N5O7. The first-order valence-electron chi connectivity index (χ1n) is 19.8. The van der Waals surface area contributed by atoms with E-state index in [2.05, 4.69) is 43.5 Å². The molecule has 4 amide bonds. The highest BCUT2D eigenvalue weighted by atomic mass is 16.5. The van der Waals surface area contributed by atoms with E-state index in [9.17, 15) is 24.0 Å². The third-order valence-corrected chi connectivity index (χ3v) is 9.97. The minimum atomic E-state index is -0.588. The molecule has 7 unspecified atom stereocenters. The molecule has 54 heavy (non-hydrogen) atoms. The first-order chi connectivity index (χ1) is 25.5. The second-order valence-corrected chi connectivity index (χ2v) is 15.0. The normalized spacial score (nSPS) is 17.1. The number of hydrogen-bond donors (Lipinski definition) is 2. The van der Waals surface area contributed by atoms with E-state index in [1.54, 1.807) is 37.8 Å². The molecule has 310 valence electrons. The van der Waals surface area contributed by atoms with Gasteiger partial charge in [-0.05, 0) is 45.7 Å². The van der Waals surface area contributed by atoms with Crippen molar-refractivity contribution in [2.75, 3.05) is 55.0 Å². The second kappa shape index (κ2) is 27.3. The molecule has 0 saturated carbocycles. The number of hydrogen-bond acceptors (Lipinski definition) is 8. The van der Waals surface area contributed by atoms with Gasteiger partial charge >= 0.3 is 0 Å². The summed E-state index contributed by atoms with van der Waals surface area (Å²) in [6.45, 7) is 18.1. The molecule has 0 bridgehead atoms. The number of aryl methyl sites for hydroxylation is 1. The van der Waals surface area contributed by atoms with E-state index in [0.717, 1.165) is 12.8 Å². The van der Waals surface area contributed by atoms with Crippen LogP contribution in [-0.4, -0.2) is 129 Å². The number of nitrogens with one attached hydrogen (secondary N) is 2. The third-order valence-electron chi connectivity index (χ3n) is 9.97. The van der Waals surface area contributed by atoms with Gasteiger partial charge in [0.25, 0.3) is 0 Å². The number of Topliss-reactive ketones (excluding diaryl/α,β-unsaturated/α-hetero) is 1. The molecule has 1 aromatic rings. The van der Waals surface area contributed by atoms with E-state index < -0.39 is 24.2 Å². The standard InChI is InChI=1S/C32H59N5O7.C7H8.C3H8/c1-12-21(5)29(36(9)27(40)19-34-32(42)28(20(3)4)35(7)8)25(43-10)17-26(39)37-16-14-15-24(37)30(44-11)22(6)31(41)33-18-23(38)13-2;1-7-5-3-2-4-6-7;1-3-2/h20-22,24-25,28-30H,12-19H2,1-11H3,(H,33,41)(H,34,42);2-6H,1H3;3H2,1-2H3. The molecule has 2 N–H and O–H groups in total. The lowest BCUT2D eigenvalue weighted by Gasteiger charge is -2.39. The molecule has 1 aliphatic heterocycles. The summed E-state index contributed by atoms with van der Waals surface area (Å²) in [5.74, 6) is -1.45. The molecule has 12 heteroatoms. The fraction of sp³-hybridized carbons (Fsp3) is 0.738. The Morgan fingerprint density at radius 3 is 1.89 bits per heavy atom. The fourth-order valence-electron chi connectivity index (χ4n) is 6.86. The number of carbonyl (C=O) groups is 5. The number of ether oxygens (including phenoxy) is 2. The van der Waals surface area contributed by atoms with Crippen molar-refractivity contribution in [3.05, 3.63) is 35.9 Å². The second-order valence-electron chi connectivity index (χ2n) is 15.0. The molecule has 1 saturated heterocycles. The van der Waals surface area contributed by atoms with Crippen LogP contribution < -0.4 is 10.6 Å². The minimum absolute atomic E-state index is 0.0123. The van der Waals surface area contributed by atoms with Crippen LogP contribution in [0, 0.1) is 24.7 Å². The number of methoxy groups -OCH3 is 2. The van der Waals surface area contributed by atoms with Crippen LogP contribution in [0.25, 0.3) is 0 Å². The highest BCUT2D eigenvalue weighted by molar-refractivity contribution is 5.88. The van der Waals surface area contributed by atoms with Crippen LogP contribution in [0.15, 0.2) is 30.3 Å². The molecule has 1 heterocycles. The van der Waals surface area contributed by atoms with Crippen molar-refractivity contribution in [1.29, 1.82) is 0 Å². The van der Waals surface area contributed by atoms with Gasteiger partial charge in [-0.25, -0.2) is 0 Å². The lowest BCUT2D eigenvalue weighted by atomic mass is 9.90. The maximum absolute atomic E-state index is 13.8. The SMILES string of the molecule is CCC.CCC(=O)CNC(=O)C(C)C(OC)C1CCCN1C(=O)CC(OC)C(C(C)CC)N(C)C(=O)CNC(=O)C(C(C)C)N(C)C.Cc1ccccc1. The average molecular weight is 762 g/mol. The Bertz CT molecular complexity index is 1240. The third kappa shape index (κ3) is 17.0. The van der Waals surface area contributed by atoms with Gasteiger partial charge in [0.1, 0.15) is 0 Å². The number of nitrogens with zero attached hydrogens (tertiary/aromatic N) is 3. The highest BCUT2D eigenvalue weighted by Crippen LogP contribution is 2.29. The van der Waals surface area contributed by atoms with Crippen LogP contribution in [0.5, 0.6) is 0 Å². The van der Waals surface area contributed by atoms with Crippen LogP contribution in [0.4, 0.5) is 0 Å². The van der Waals surface area contributed by atoms with E-state index in [-0.39, 0.29) is 72.8 Å². The Hall–Kier alpha value is -3.35. The van der Waals surface area contributed by atoms with Gasteiger partial charge in [0.15, 0.2) is 5.78 Å². The van der Waals surface area contributed by atoms with Crippen LogP contribution in [0.1, 0.15) is 99.5 Å². The predicted molar refractivity (Wildman–Crippen MR) is 217 cm³/mol. The Labute approximate surface area is 327 Å². The van der Waals surface area contributed by atoms with Gasteiger partial charge < -0.3 is 29.9 Å². The Kier molecular flexibility index (Phi) is 25.6. The van der Waals surface area contributed by atoms with Crippen molar-refractivity contribution in [3.8, 4) is 0 Å². The Morgan fingerprint density at radius 1 is 0.870 bits per heavy atom. The topological polar surface area (TPSA) is 138 Å². The lowest BCUT2D eigenvalue weighted by Crippen LogP contribution is -2.55. The summed E-state index contributed by atoms with van der Waals surface area (Å²) in [5.41, 5.74) is 1.32. The number of rotatable bonds is 19. The van der Waals surface area contributed by atoms with E-state index in [1.165, 1.54) is 19.1 Å². The Balaban J connectivity index is 0.00000243. The number of carbonyl (C=O) groups excluding carboxylic acids is 5. The first-order valence-corrected chi connectivity index (χ1v) is 19.8. The highest BCUT2D eigenvalue weighted by Gasteiger charge is 2.42. The van der Waals surface area contributed by atoms with Crippen molar-refractivity contribution >= 4 is 29.4 Å². The molecule has 2 rings (SSSR count). The smallest absolute Gasteiger partial charge is 0.242 e. The molecule has 1 aliphatic rings. The Morgan fingerprint density at radius 2 is 1.44 bits per heavy atom. The summed E-state index contributed by atoms with van der Waals surface area (Å²) in [5, 5.41) is 5.48. The summed E-state index contributed by atoms with van der Waals surface area (Å²) >= 11 is 0. The van der Waals surface area contributed by atoms with Crippen LogP contribution in [-0.2, 0) is 33.4 Å². The molecular weight excluding hydrogens is 686 g/mol. The number of likely N-dealkylation sites (tertiary alicyclic amines) is 1. The molecule has 0 aliphatic carbocycles. The molecule has 0 radical (unpaired) electrons. The number of amides is 4. The maximum atomic E-state index is 13.8. The molecule has 7 atom stereocenters. The zero-order chi connectivity index (χ0) is 41.5. The van der Waals surface area contributed by atoms with Gasteiger partial charge in [0, 0.05) is 34.2 Å². The minimum Gasteiger partial charge on any atom is -0.379 e. The summed E-state index contributed by atoms with van der Waals surface area (Å²) < 4.78 is 11.6. The summed E-state index contributed by atoms with van der Waals surface area (Å²) in [6.07, 6.45) is 2.72. The van der Waals surface area contributed by atoms with Crippen molar-refractivity contribution < 1.29 is 33.4 Å². The first kappa shape index (κ1) is 50.6. The van der Waals surface area contributed by atoms with Crippen LogP contribution in [0.3, 0.4) is 0 Å². The quantitative estimate of drug-likeness (QED) is 0.199. The summed E-state index contributed by atoms with van der Waals surface area (Å²) in [7, 11) is 8.44. The molecule has 1 fully saturated rings. The maximum Gasteiger partial charge on any atom is 0.242 e. The van der Waals surface area contributed by atoms with Gasteiger partial charge in [0.05, 0.1) is 55.8 Å². The zero-order valence-corrected chi connectivity index (χ0v) is 36.1. The zero-order valence-electron chi connectivity index (χ0n) is 36.1. The number of ketones is 1. The van der Waals surface area contributed by atoms with E-state index in [1.807, 2.05) is 64.9 Å². The van der Waals surface area contributed by atoms with Crippen LogP contribution in [0.2, 0.25) is 0 Å². The lowest BCUT2D eigenvalue weighted by molar-refractivity contribution is -0.146. The van der Waals surface area contributed by atoms with Crippen molar-refractivity contribution in [3.63, 3.8) is 0 Å².